The monoisotopic (exact) mass is 238 g/mol. The van der Waals surface area contributed by atoms with Crippen molar-refractivity contribution in [3.63, 3.8) is 0 Å². The molecule has 0 aliphatic rings. The summed E-state index contributed by atoms with van der Waals surface area (Å²) in [6.45, 7) is 3.18. The fourth-order valence-corrected chi connectivity index (χ4v) is 0.689. The largest absolute Gasteiger partial charge is 1.00 e. The van der Waals surface area contributed by atoms with E-state index in [0.29, 0.717) is 0 Å². The predicted molar refractivity (Wildman–Crippen MR) is 31.3 cm³/mol. The molecule has 1 heterocycles. The van der Waals surface area contributed by atoms with Crippen molar-refractivity contribution < 1.29 is 28.5 Å². The summed E-state index contributed by atoms with van der Waals surface area (Å²) in [4.78, 5) is 0. The van der Waals surface area contributed by atoms with Crippen molar-refractivity contribution in [2.45, 2.75) is 13.5 Å². The molecule has 9 heavy (non-hydrogen) atoms. The second-order valence-electron chi connectivity index (χ2n) is 1.91. The van der Waals surface area contributed by atoms with E-state index in [1.165, 1.54) is 0 Å². The van der Waals surface area contributed by atoms with Crippen LogP contribution in [0.2, 0.25) is 0 Å². The van der Waals surface area contributed by atoms with Crippen molar-refractivity contribution in [3.05, 3.63) is 18.7 Å². The predicted octanol–water partition coefficient (Wildman–Crippen LogP) is -2.66. The van der Waals surface area contributed by atoms with Gasteiger partial charge in [0.1, 0.15) is 12.4 Å². The Balaban J connectivity index is 0.000000640. The average Bonchev–Trinajstić information content (AvgIpc) is 2.14. The van der Waals surface area contributed by atoms with Gasteiger partial charge in [0.15, 0.2) is 0 Å². The zero-order valence-corrected chi connectivity index (χ0v) is 7.87. The van der Waals surface area contributed by atoms with E-state index in [-0.39, 0.29) is 24.0 Å². The third-order valence-corrected chi connectivity index (χ3v) is 1.19. The van der Waals surface area contributed by atoms with E-state index in [0.717, 1.165) is 6.54 Å². The van der Waals surface area contributed by atoms with Gasteiger partial charge in [-0.15, -0.1) is 0 Å². The summed E-state index contributed by atoms with van der Waals surface area (Å²) in [5.74, 6) is 0. The van der Waals surface area contributed by atoms with Gasteiger partial charge in [-0.1, -0.05) is 0 Å². The van der Waals surface area contributed by atoms with Gasteiger partial charge in [-0.3, -0.25) is 0 Å². The first-order chi connectivity index (χ1) is 3.83. The number of hydrogen-bond donors (Lipinski definition) is 0. The number of hydrogen-bond acceptors (Lipinski definition) is 0. The number of imidazole rings is 1. The molecule has 0 aliphatic heterocycles. The first kappa shape index (κ1) is 8.94. The average molecular weight is 238 g/mol. The molecule has 1 aromatic heterocycles. The van der Waals surface area contributed by atoms with Crippen LogP contribution in [-0.4, -0.2) is 4.57 Å². The maximum atomic E-state index is 2.12. The molecule has 0 aromatic carbocycles. The van der Waals surface area contributed by atoms with Crippen LogP contribution in [0.25, 0.3) is 0 Å². The number of halogens is 1. The van der Waals surface area contributed by atoms with Gasteiger partial charge in [-0.2, -0.15) is 0 Å². The molecule has 0 aliphatic carbocycles. The van der Waals surface area contributed by atoms with Crippen LogP contribution < -0.4 is 28.5 Å². The van der Waals surface area contributed by atoms with Gasteiger partial charge in [0.05, 0.1) is 13.6 Å². The zero-order chi connectivity index (χ0) is 5.98. The molecule has 3 heteroatoms. The Morgan fingerprint density at radius 3 is 2.44 bits per heavy atom. The molecule has 0 N–H and O–H groups in total. The van der Waals surface area contributed by atoms with Gasteiger partial charge in [0.2, 0.25) is 6.33 Å². The van der Waals surface area contributed by atoms with Crippen molar-refractivity contribution in [2.24, 2.45) is 7.05 Å². The van der Waals surface area contributed by atoms with Gasteiger partial charge >= 0.3 is 24.0 Å². The number of rotatable bonds is 1. The van der Waals surface area contributed by atoms with E-state index in [2.05, 4.69) is 24.0 Å². The van der Waals surface area contributed by atoms with Crippen LogP contribution in [0.1, 0.15) is 6.92 Å². The van der Waals surface area contributed by atoms with Gasteiger partial charge < -0.3 is 0 Å². The van der Waals surface area contributed by atoms with Crippen molar-refractivity contribution in [3.8, 4) is 0 Å². The summed E-state index contributed by atoms with van der Waals surface area (Å²) in [7, 11) is 2.02. The number of aromatic nitrogens is 2. The molecule has 0 saturated carbocycles. The lowest BCUT2D eigenvalue weighted by molar-refractivity contribution is -0.671. The number of aryl methyl sites for hydroxylation is 2. The van der Waals surface area contributed by atoms with Crippen LogP contribution in [0.15, 0.2) is 18.7 Å². The topological polar surface area (TPSA) is 8.81 Å². The third kappa shape index (κ3) is 2.34. The Kier molecular flexibility index (Phi) is 3.84. The molecular formula is C6H11IN2+2. The van der Waals surface area contributed by atoms with E-state index < -0.39 is 0 Å². The summed E-state index contributed by atoms with van der Waals surface area (Å²) < 4.78 is 4.16. The SMILES string of the molecule is CCn1cc[n+](C)c1.[I+]. The lowest BCUT2D eigenvalue weighted by atomic mass is 10.7. The molecule has 2 nitrogen and oxygen atoms in total. The molecule has 0 bridgehead atoms. The van der Waals surface area contributed by atoms with Crippen molar-refractivity contribution in [1.29, 1.82) is 0 Å². The standard InChI is InChI=1S/C6H11N2.I/c1-3-8-5-4-7(2)6-8;/h4-6H,3H2,1-2H3;/q2*+1. The molecule has 0 saturated heterocycles. The van der Waals surface area contributed by atoms with Gasteiger partial charge in [0, 0.05) is 0 Å². The maximum Gasteiger partial charge on any atom is 1.00 e. The fourth-order valence-electron chi connectivity index (χ4n) is 0.689. The van der Waals surface area contributed by atoms with E-state index >= 15 is 0 Å². The summed E-state index contributed by atoms with van der Waals surface area (Å²) >= 11 is 0. The first-order valence-corrected chi connectivity index (χ1v) is 2.84. The third-order valence-electron chi connectivity index (χ3n) is 1.19. The van der Waals surface area contributed by atoms with E-state index in [1.807, 2.05) is 17.8 Å². The highest BCUT2D eigenvalue weighted by Crippen LogP contribution is 1.79. The van der Waals surface area contributed by atoms with E-state index in [4.69, 9.17) is 0 Å². The van der Waals surface area contributed by atoms with Gasteiger partial charge in [0.25, 0.3) is 0 Å². The summed E-state index contributed by atoms with van der Waals surface area (Å²) in [6.07, 6.45) is 6.14. The lowest BCUT2D eigenvalue weighted by Gasteiger charge is -1.81. The van der Waals surface area contributed by atoms with Crippen LogP contribution >= 0.6 is 0 Å². The zero-order valence-electron chi connectivity index (χ0n) is 5.71. The first-order valence-electron chi connectivity index (χ1n) is 2.84. The smallest absolute Gasteiger partial charge is 0.240 e. The Morgan fingerprint density at radius 1 is 1.56 bits per heavy atom. The molecule has 1 aromatic rings. The van der Waals surface area contributed by atoms with Crippen LogP contribution in [0.5, 0.6) is 0 Å². The van der Waals surface area contributed by atoms with Crippen molar-refractivity contribution in [1.82, 2.24) is 4.57 Å². The summed E-state index contributed by atoms with van der Waals surface area (Å²) in [5.41, 5.74) is 0. The van der Waals surface area contributed by atoms with Crippen molar-refractivity contribution in [2.75, 3.05) is 0 Å². The second-order valence-corrected chi connectivity index (χ2v) is 1.91. The quantitative estimate of drug-likeness (QED) is 0.373. The highest BCUT2D eigenvalue weighted by Gasteiger charge is 1.92. The normalized spacial score (nSPS) is 8.67. The molecule has 0 atom stereocenters. The maximum absolute atomic E-state index is 2.12. The second kappa shape index (κ2) is 3.87. The molecule has 0 amide bonds. The van der Waals surface area contributed by atoms with Crippen LogP contribution in [0.3, 0.4) is 0 Å². The minimum Gasteiger partial charge on any atom is -0.240 e. The Morgan fingerprint density at radius 2 is 2.22 bits per heavy atom. The van der Waals surface area contributed by atoms with E-state index in [1.54, 1.807) is 0 Å². The van der Waals surface area contributed by atoms with Crippen LogP contribution in [0.4, 0.5) is 0 Å². The summed E-state index contributed by atoms with van der Waals surface area (Å²) in [5, 5.41) is 0. The highest BCUT2D eigenvalue weighted by atomic mass is 127. The Hall–Kier alpha value is -0.0600. The van der Waals surface area contributed by atoms with E-state index in [9.17, 15) is 0 Å². The molecule has 50 valence electrons. The van der Waals surface area contributed by atoms with Gasteiger partial charge in [-0.05, 0) is 6.92 Å². The summed E-state index contributed by atoms with van der Waals surface area (Å²) in [6, 6.07) is 0. The highest BCUT2D eigenvalue weighted by molar-refractivity contribution is 4.63. The molecule has 0 spiro atoms. The van der Waals surface area contributed by atoms with Crippen LogP contribution in [-0.2, 0) is 13.6 Å². The minimum atomic E-state index is 0. The molecule has 0 fully saturated rings. The molecule has 2 radical (unpaired) electrons. The molecule has 0 unspecified atom stereocenters. The molecular weight excluding hydrogens is 227 g/mol. The number of nitrogens with zero attached hydrogens (tertiary/aromatic N) is 2. The molecule has 1 rings (SSSR count). The minimum absolute atomic E-state index is 0. The lowest BCUT2D eigenvalue weighted by Crippen LogP contribution is -3.00. The Bertz CT molecular complexity index is 171. The fraction of sp³-hybridized carbons (Fsp3) is 0.500. The van der Waals surface area contributed by atoms with Crippen LogP contribution in [0, 0.1) is 0 Å². The Labute approximate surface area is 72.5 Å². The van der Waals surface area contributed by atoms with Crippen molar-refractivity contribution >= 4 is 0 Å². The van der Waals surface area contributed by atoms with Gasteiger partial charge in [-0.25, -0.2) is 9.13 Å².